The highest BCUT2D eigenvalue weighted by Crippen LogP contribution is 2.40. The number of rotatable bonds is 8. The Morgan fingerprint density at radius 1 is 1.00 bits per heavy atom. The lowest BCUT2D eigenvalue weighted by molar-refractivity contribution is -0.385. The minimum absolute atomic E-state index is 0.0604. The van der Waals surface area contributed by atoms with Crippen molar-refractivity contribution in [2.45, 2.75) is 26.0 Å². The average molecular weight is 491 g/mol. The van der Waals surface area contributed by atoms with E-state index in [1.807, 2.05) is 30.3 Å². The molecule has 0 spiro atoms. The minimum atomic E-state index is -0.964. The molecule has 3 aromatic rings. The smallest absolute Gasteiger partial charge is 0.286 e. The maximum Gasteiger partial charge on any atom is 0.286 e. The highest BCUT2D eigenvalue weighted by atomic mass is 16.6. The number of nitrogens with zero attached hydrogens (tertiary/aromatic N) is 3. The third-order valence-electron chi connectivity index (χ3n) is 5.90. The molecule has 36 heavy (non-hydrogen) atoms. The van der Waals surface area contributed by atoms with Crippen LogP contribution in [0.4, 0.5) is 17.1 Å². The summed E-state index contributed by atoms with van der Waals surface area (Å²) in [5, 5.41) is 23.3. The first-order valence-corrected chi connectivity index (χ1v) is 10.9. The molecule has 0 radical (unpaired) electrons. The van der Waals surface area contributed by atoms with Gasteiger partial charge in [0.05, 0.1) is 34.8 Å². The van der Waals surface area contributed by atoms with E-state index in [4.69, 9.17) is 9.47 Å². The number of benzene rings is 3. The normalized spacial score (nSPS) is 14.2. The average Bonchev–Trinajstić information content (AvgIpc) is 3.26. The van der Waals surface area contributed by atoms with Gasteiger partial charge in [-0.2, -0.15) is 0 Å². The van der Waals surface area contributed by atoms with Crippen LogP contribution in [0.5, 0.6) is 11.5 Å². The van der Waals surface area contributed by atoms with Crippen molar-refractivity contribution in [3.05, 3.63) is 97.6 Å². The molecule has 0 aliphatic carbocycles. The predicted molar refractivity (Wildman–Crippen MR) is 129 cm³/mol. The van der Waals surface area contributed by atoms with E-state index < -0.39 is 27.5 Å². The summed E-state index contributed by atoms with van der Waals surface area (Å²) >= 11 is 0. The summed E-state index contributed by atoms with van der Waals surface area (Å²) < 4.78 is 11.1. The minimum Gasteiger partial charge on any atom is -0.493 e. The van der Waals surface area contributed by atoms with E-state index >= 15 is 0 Å². The number of amides is 1. The van der Waals surface area contributed by atoms with Gasteiger partial charge in [0.25, 0.3) is 17.3 Å². The van der Waals surface area contributed by atoms with Gasteiger partial charge in [0.1, 0.15) is 12.2 Å². The van der Waals surface area contributed by atoms with Gasteiger partial charge >= 0.3 is 0 Å². The zero-order chi connectivity index (χ0) is 26.0. The number of anilines is 1. The van der Waals surface area contributed by atoms with E-state index in [-0.39, 0.29) is 47.2 Å². The van der Waals surface area contributed by atoms with Crippen molar-refractivity contribution in [1.82, 2.24) is 0 Å². The fraction of sp³-hybridized carbons (Fsp3) is 0.200. The van der Waals surface area contributed by atoms with E-state index in [1.54, 1.807) is 0 Å². The predicted octanol–water partition coefficient (Wildman–Crippen LogP) is 4.25. The lowest BCUT2D eigenvalue weighted by Gasteiger charge is -2.24. The molecular weight excluding hydrogens is 470 g/mol. The van der Waals surface area contributed by atoms with Crippen molar-refractivity contribution in [3.8, 4) is 11.5 Å². The molecule has 1 atom stereocenters. The summed E-state index contributed by atoms with van der Waals surface area (Å²) in [6, 6.07) is 14.4. The van der Waals surface area contributed by atoms with E-state index in [1.165, 1.54) is 38.3 Å². The Labute approximate surface area is 205 Å². The molecule has 0 saturated carbocycles. The molecule has 1 amide bonds. The molecule has 11 heteroatoms. The van der Waals surface area contributed by atoms with Crippen LogP contribution >= 0.6 is 0 Å². The largest absolute Gasteiger partial charge is 0.493 e. The molecule has 1 heterocycles. The van der Waals surface area contributed by atoms with Crippen molar-refractivity contribution in [2.24, 2.45) is 0 Å². The molecule has 0 bridgehead atoms. The number of hydrogen-bond donors (Lipinski definition) is 0. The molecule has 1 aliphatic rings. The number of nitro groups is 2. The Morgan fingerprint density at radius 2 is 1.72 bits per heavy atom. The van der Waals surface area contributed by atoms with Crippen LogP contribution in [0.25, 0.3) is 0 Å². The van der Waals surface area contributed by atoms with Crippen molar-refractivity contribution in [3.63, 3.8) is 0 Å². The zero-order valence-electron chi connectivity index (χ0n) is 19.4. The number of carbonyl (C=O) groups excluding carboxylic acids is 2. The molecular formula is C25H21N3O8. The monoisotopic (exact) mass is 491 g/mol. The van der Waals surface area contributed by atoms with Crippen LogP contribution in [0.2, 0.25) is 0 Å². The van der Waals surface area contributed by atoms with E-state index in [0.717, 1.165) is 16.5 Å². The SMILES string of the molecule is COc1cc(C(=O)N2c3cc([N+](=O)[O-])ccc3C[C@H]2C(C)=O)c([N+](=O)[O-])cc1OCc1ccccc1. The van der Waals surface area contributed by atoms with Crippen LogP contribution in [0.3, 0.4) is 0 Å². The number of carbonyl (C=O) groups is 2. The van der Waals surface area contributed by atoms with Crippen LogP contribution < -0.4 is 14.4 Å². The first-order valence-electron chi connectivity index (χ1n) is 10.9. The van der Waals surface area contributed by atoms with E-state index in [9.17, 15) is 29.8 Å². The second kappa shape index (κ2) is 9.82. The third-order valence-corrected chi connectivity index (χ3v) is 5.90. The zero-order valence-corrected chi connectivity index (χ0v) is 19.4. The van der Waals surface area contributed by atoms with Crippen LogP contribution in [-0.4, -0.2) is 34.7 Å². The molecule has 0 fully saturated rings. The van der Waals surface area contributed by atoms with Gasteiger partial charge in [0, 0.05) is 24.6 Å². The molecule has 3 aromatic carbocycles. The standard InChI is InChI=1S/C25H21N3O8/c1-15(29)20-10-17-8-9-18(27(31)32)11-21(17)26(20)25(30)19-12-23(35-2)24(13-22(19)28(33)34)36-14-16-6-4-3-5-7-16/h3-9,11-13,20H,10,14H2,1-2H3/t20-/m0/s1. The summed E-state index contributed by atoms with van der Waals surface area (Å²) in [6.45, 7) is 1.40. The first-order chi connectivity index (χ1) is 17.2. The van der Waals surface area contributed by atoms with Crippen molar-refractivity contribution in [2.75, 3.05) is 12.0 Å². The molecule has 4 rings (SSSR count). The summed E-state index contributed by atoms with van der Waals surface area (Å²) in [5.41, 5.74) is 0.368. The van der Waals surface area contributed by atoms with Crippen molar-refractivity contribution >= 4 is 28.8 Å². The third kappa shape index (κ3) is 4.58. The highest BCUT2D eigenvalue weighted by Gasteiger charge is 2.40. The summed E-state index contributed by atoms with van der Waals surface area (Å²) in [4.78, 5) is 49.1. The number of ether oxygens (including phenoxy) is 2. The van der Waals surface area contributed by atoms with Gasteiger partial charge in [-0.05, 0) is 18.1 Å². The van der Waals surface area contributed by atoms with E-state index in [2.05, 4.69) is 0 Å². The lowest BCUT2D eigenvalue weighted by atomic mass is 10.1. The quantitative estimate of drug-likeness (QED) is 0.336. The number of non-ortho nitro benzene ring substituents is 1. The highest BCUT2D eigenvalue weighted by molar-refractivity contribution is 6.14. The summed E-state index contributed by atoms with van der Waals surface area (Å²) in [5.74, 6) is -1.07. The molecule has 0 unspecified atom stereocenters. The van der Waals surface area contributed by atoms with Crippen LogP contribution in [0.1, 0.15) is 28.4 Å². The molecule has 184 valence electrons. The van der Waals surface area contributed by atoms with Crippen LogP contribution in [0.15, 0.2) is 60.7 Å². The summed E-state index contributed by atoms with van der Waals surface area (Å²) in [6.07, 6.45) is 0.137. The van der Waals surface area contributed by atoms with Crippen molar-refractivity contribution in [1.29, 1.82) is 0 Å². The molecule has 11 nitrogen and oxygen atoms in total. The second-order valence-electron chi connectivity index (χ2n) is 8.13. The maximum absolute atomic E-state index is 13.7. The maximum atomic E-state index is 13.7. The first kappa shape index (κ1) is 24.3. The number of hydrogen-bond acceptors (Lipinski definition) is 8. The van der Waals surface area contributed by atoms with Gasteiger partial charge in [-0.15, -0.1) is 0 Å². The number of nitro benzene ring substituents is 2. The number of ketones is 1. The van der Waals surface area contributed by atoms with Gasteiger partial charge in [-0.3, -0.25) is 34.7 Å². The molecule has 1 aliphatic heterocycles. The number of Topliss-reactive ketones (excluding diaryl/α,β-unsaturated/α-hetero) is 1. The Bertz CT molecular complexity index is 1370. The Hall–Kier alpha value is -4.80. The van der Waals surface area contributed by atoms with E-state index in [0.29, 0.717) is 5.56 Å². The molecule has 0 saturated heterocycles. The van der Waals surface area contributed by atoms with Crippen LogP contribution in [-0.2, 0) is 17.8 Å². The van der Waals surface area contributed by atoms with Crippen LogP contribution in [0, 0.1) is 20.2 Å². The van der Waals surface area contributed by atoms with Gasteiger partial charge in [-0.25, -0.2) is 0 Å². The molecule has 0 N–H and O–H groups in total. The lowest BCUT2D eigenvalue weighted by Crippen LogP contribution is -2.42. The summed E-state index contributed by atoms with van der Waals surface area (Å²) in [7, 11) is 1.33. The molecule has 0 aromatic heterocycles. The van der Waals surface area contributed by atoms with Gasteiger partial charge in [0.15, 0.2) is 17.3 Å². The fourth-order valence-corrected chi connectivity index (χ4v) is 4.12. The van der Waals surface area contributed by atoms with Gasteiger partial charge in [0.2, 0.25) is 0 Å². The number of methoxy groups -OCH3 is 1. The second-order valence-corrected chi connectivity index (χ2v) is 8.13. The Morgan fingerprint density at radius 3 is 2.33 bits per heavy atom. The number of fused-ring (bicyclic) bond motifs is 1. The topological polar surface area (TPSA) is 142 Å². The Kier molecular flexibility index (Phi) is 6.64. The van der Waals surface area contributed by atoms with Gasteiger partial charge in [-0.1, -0.05) is 36.4 Å². The fourth-order valence-electron chi connectivity index (χ4n) is 4.12. The van der Waals surface area contributed by atoms with Gasteiger partial charge < -0.3 is 9.47 Å². The Balaban J connectivity index is 1.77. The van der Waals surface area contributed by atoms with Crippen molar-refractivity contribution < 1.29 is 28.9 Å².